The Morgan fingerprint density at radius 2 is 1.52 bits per heavy atom. The van der Waals surface area contributed by atoms with E-state index in [2.05, 4.69) is 59.0 Å². The first kappa shape index (κ1) is 14.9. The Balaban J connectivity index is 1.57. The van der Waals surface area contributed by atoms with Gasteiger partial charge >= 0.3 is 0 Å². The highest BCUT2D eigenvalue weighted by atomic mass is 127. The number of hydrogen-bond acceptors (Lipinski definition) is 1. The predicted molar refractivity (Wildman–Crippen MR) is 96.2 cm³/mol. The van der Waals surface area contributed by atoms with E-state index in [9.17, 15) is 0 Å². The van der Waals surface area contributed by atoms with E-state index >= 15 is 0 Å². The molecule has 0 aliphatic heterocycles. The van der Waals surface area contributed by atoms with Gasteiger partial charge in [0, 0.05) is 3.92 Å². The molecule has 3 rings (SSSR count). The van der Waals surface area contributed by atoms with Gasteiger partial charge in [-0.25, -0.2) is 0 Å². The summed E-state index contributed by atoms with van der Waals surface area (Å²) in [6.07, 6.45) is 5.38. The van der Waals surface area contributed by atoms with E-state index in [0.29, 0.717) is 6.61 Å². The highest BCUT2D eigenvalue weighted by Crippen LogP contribution is 2.36. The van der Waals surface area contributed by atoms with E-state index in [1.165, 1.54) is 36.8 Å². The van der Waals surface area contributed by atoms with Crippen LogP contribution >= 0.6 is 22.6 Å². The Morgan fingerprint density at radius 1 is 0.857 bits per heavy atom. The molecule has 0 atom stereocenters. The molecular weight excluding hydrogens is 371 g/mol. The normalized spacial score (nSPS) is 22.0. The third-order valence-corrected chi connectivity index (χ3v) is 5.50. The van der Waals surface area contributed by atoms with Crippen molar-refractivity contribution in [2.75, 3.05) is 0 Å². The van der Waals surface area contributed by atoms with Gasteiger partial charge in [0.05, 0.1) is 0 Å². The lowest BCUT2D eigenvalue weighted by Gasteiger charge is -2.25. The molecule has 2 aromatic rings. The minimum atomic E-state index is 0.639. The van der Waals surface area contributed by atoms with Crippen LogP contribution in [0.1, 0.15) is 42.7 Å². The molecule has 1 fully saturated rings. The number of rotatable bonds is 4. The fourth-order valence-corrected chi connectivity index (χ4v) is 3.68. The van der Waals surface area contributed by atoms with Crippen molar-refractivity contribution in [1.29, 1.82) is 0 Å². The zero-order valence-electron chi connectivity index (χ0n) is 12.2. The minimum absolute atomic E-state index is 0.639. The molecule has 21 heavy (non-hydrogen) atoms. The van der Waals surface area contributed by atoms with Crippen LogP contribution in [0.25, 0.3) is 0 Å². The van der Waals surface area contributed by atoms with Gasteiger partial charge in [-0.05, 0) is 54.9 Å². The van der Waals surface area contributed by atoms with Crippen molar-refractivity contribution in [3.05, 3.63) is 65.7 Å². The smallest absolute Gasteiger partial charge is 0.119 e. The first-order chi connectivity index (χ1) is 10.3. The minimum Gasteiger partial charge on any atom is -0.489 e. The second-order valence-corrected chi connectivity index (χ2v) is 7.55. The van der Waals surface area contributed by atoms with Gasteiger partial charge in [0.15, 0.2) is 0 Å². The van der Waals surface area contributed by atoms with E-state index < -0.39 is 0 Å². The molecule has 2 heteroatoms. The second kappa shape index (κ2) is 7.30. The highest BCUT2D eigenvalue weighted by molar-refractivity contribution is 14.1. The van der Waals surface area contributed by atoms with Crippen molar-refractivity contribution in [1.82, 2.24) is 0 Å². The molecule has 0 unspecified atom stereocenters. The molecule has 0 saturated heterocycles. The van der Waals surface area contributed by atoms with E-state index in [0.717, 1.165) is 15.6 Å². The molecule has 1 aliphatic rings. The van der Waals surface area contributed by atoms with Gasteiger partial charge in [-0.2, -0.15) is 0 Å². The molecule has 0 spiro atoms. The summed E-state index contributed by atoms with van der Waals surface area (Å²) in [7, 11) is 0. The summed E-state index contributed by atoms with van der Waals surface area (Å²) in [4.78, 5) is 0. The van der Waals surface area contributed by atoms with Crippen LogP contribution in [0.5, 0.6) is 5.75 Å². The SMILES string of the molecule is IC1CCC(c2ccc(OCc3ccccc3)cc2)CC1. The molecule has 1 aliphatic carbocycles. The molecule has 110 valence electrons. The van der Waals surface area contributed by atoms with Crippen LogP contribution in [0.3, 0.4) is 0 Å². The average molecular weight is 392 g/mol. The van der Waals surface area contributed by atoms with E-state index in [4.69, 9.17) is 4.74 Å². The summed E-state index contributed by atoms with van der Waals surface area (Å²) in [5.41, 5.74) is 2.69. The lowest BCUT2D eigenvalue weighted by molar-refractivity contribution is 0.306. The number of ether oxygens (including phenoxy) is 1. The maximum Gasteiger partial charge on any atom is 0.119 e. The van der Waals surface area contributed by atoms with E-state index in [1.54, 1.807) is 0 Å². The van der Waals surface area contributed by atoms with Crippen LogP contribution in [0.2, 0.25) is 0 Å². The summed E-state index contributed by atoms with van der Waals surface area (Å²) in [5.74, 6) is 1.71. The van der Waals surface area contributed by atoms with Crippen LogP contribution in [-0.2, 0) is 6.61 Å². The Labute approximate surface area is 140 Å². The molecule has 1 saturated carbocycles. The summed E-state index contributed by atoms with van der Waals surface area (Å²) >= 11 is 2.59. The van der Waals surface area contributed by atoms with Crippen LogP contribution in [-0.4, -0.2) is 3.92 Å². The van der Waals surface area contributed by atoms with Crippen LogP contribution < -0.4 is 4.74 Å². The van der Waals surface area contributed by atoms with Gasteiger partial charge in [0.1, 0.15) is 12.4 Å². The molecule has 0 radical (unpaired) electrons. The van der Waals surface area contributed by atoms with Crippen molar-refractivity contribution < 1.29 is 4.74 Å². The molecule has 1 nitrogen and oxygen atoms in total. The lowest BCUT2D eigenvalue weighted by Crippen LogP contribution is -2.12. The zero-order valence-corrected chi connectivity index (χ0v) is 14.3. The third-order valence-electron chi connectivity index (χ3n) is 4.26. The van der Waals surface area contributed by atoms with E-state index in [-0.39, 0.29) is 0 Å². The first-order valence-corrected chi connectivity index (χ1v) is 8.96. The molecule has 0 bridgehead atoms. The van der Waals surface area contributed by atoms with Crippen molar-refractivity contribution in [2.24, 2.45) is 0 Å². The van der Waals surface area contributed by atoms with Crippen LogP contribution in [0.15, 0.2) is 54.6 Å². The summed E-state index contributed by atoms with van der Waals surface area (Å²) in [6, 6.07) is 19.0. The van der Waals surface area contributed by atoms with Crippen molar-refractivity contribution in [2.45, 2.75) is 42.1 Å². The van der Waals surface area contributed by atoms with Gasteiger partial charge < -0.3 is 4.74 Å². The Bertz CT molecular complexity index is 542. The fraction of sp³-hybridized carbons (Fsp3) is 0.368. The predicted octanol–water partition coefficient (Wildman–Crippen LogP) is 5.73. The summed E-state index contributed by atoms with van der Waals surface area (Å²) in [5, 5.41) is 0. The number of hydrogen-bond donors (Lipinski definition) is 0. The van der Waals surface area contributed by atoms with E-state index in [1.807, 2.05) is 18.2 Å². The third kappa shape index (κ3) is 4.22. The number of halogens is 1. The largest absolute Gasteiger partial charge is 0.489 e. The molecule has 0 aromatic heterocycles. The van der Waals surface area contributed by atoms with Gasteiger partial charge in [-0.15, -0.1) is 0 Å². The van der Waals surface area contributed by atoms with Gasteiger partial charge in [-0.3, -0.25) is 0 Å². The zero-order chi connectivity index (χ0) is 14.5. The van der Waals surface area contributed by atoms with Crippen LogP contribution in [0.4, 0.5) is 0 Å². The maximum absolute atomic E-state index is 5.85. The standard InChI is InChI=1S/C19H21IO/c20-18-10-6-16(7-11-18)17-8-12-19(13-9-17)21-14-15-4-2-1-3-5-15/h1-5,8-9,12-13,16,18H,6-7,10-11,14H2. The van der Waals surface area contributed by atoms with Crippen LogP contribution in [0, 0.1) is 0 Å². The molecule has 0 heterocycles. The Hall–Kier alpha value is -1.03. The molecule has 0 N–H and O–H groups in total. The summed E-state index contributed by atoms with van der Waals surface area (Å²) < 4.78 is 6.73. The number of alkyl halides is 1. The van der Waals surface area contributed by atoms with Crippen molar-refractivity contribution in [3.8, 4) is 5.75 Å². The van der Waals surface area contributed by atoms with Crippen molar-refractivity contribution >= 4 is 22.6 Å². The second-order valence-electron chi connectivity index (χ2n) is 5.79. The quantitative estimate of drug-likeness (QED) is 0.477. The Morgan fingerprint density at radius 3 is 2.19 bits per heavy atom. The molecular formula is C19H21IO. The van der Waals surface area contributed by atoms with Crippen molar-refractivity contribution in [3.63, 3.8) is 0 Å². The Kier molecular flexibility index (Phi) is 5.17. The average Bonchev–Trinajstić information content (AvgIpc) is 2.55. The molecule has 2 aromatic carbocycles. The number of benzene rings is 2. The summed E-state index contributed by atoms with van der Waals surface area (Å²) in [6.45, 7) is 0.639. The highest BCUT2D eigenvalue weighted by Gasteiger charge is 2.20. The first-order valence-electron chi connectivity index (χ1n) is 7.72. The lowest BCUT2D eigenvalue weighted by atomic mass is 9.84. The maximum atomic E-state index is 5.85. The molecule has 0 amide bonds. The topological polar surface area (TPSA) is 9.23 Å². The monoisotopic (exact) mass is 392 g/mol. The van der Waals surface area contributed by atoms with Gasteiger partial charge in [0.25, 0.3) is 0 Å². The fourth-order valence-electron chi connectivity index (χ4n) is 2.96. The van der Waals surface area contributed by atoms with Gasteiger partial charge in [0.2, 0.25) is 0 Å². The van der Waals surface area contributed by atoms with Gasteiger partial charge in [-0.1, -0.05) is 65.1 Å².